The Bertz CT molecular complexity index is 1420. The van der Waals surface area contributed by atoms with E-state index in [-0.39, 0.29) is 23.4 Å². The van der Waals surface area contributed by atoms with Crippen LogP contribution in [0.5, 0.6) is 0 Å². The highest BCUT2D eigenvalue weighted by Gasteiger charge is 2.33. The van der Waals surface area contributed by atoms with E-state index in [1.54, 1.807) is 38.1 Å². The van der Waals surface area contributed by atoms with E-state index in [0.29, 0.717) is 16.3 Å². The molecule has 0 aromatic heterocycles. The quantitative estimate of drug-likeness (QED) is 0.354. The number of carbonyl (C=O) groups is 2. The monoisotopic (exact) mass is 569 g/mol. The van der Waals surface area contributed by atoms with Crippen LogP contribution in [0.2, 0.25) is 5.02 Å². The molecule has 0 aliphatic carbocycles. The number of nitrogens with zero attached hydrogens (tertiary/aromatic N) is 2. The number of amides is 2. The zero-order valence-corrected chi connectivity index (χ0v) is 24.8. The second kappa shape index (κ2) is 12.7. The predicted molar refractivity (Wildman–Crippen MR) is 156 cm³/mol. The van der Waals surface area contributed by atoms with Crippen LogP contribution in [0.1, 0.15) is 43.0 Å². The Morgan fingerprint density at radius 1 is 0.872 bits per heavy atom. The van der Waals surface area contributed by atoms with Crippen molar-refractivity contribution in [1.29, 1.82) is 0 Å². The van der Waals surface area contributed by atoms with E-state index in [1.807, 2.05) is 52.0 Å². The SMILES string of the molecule is Cc1ccc(CN(C(=O)CN(c2cc(Cl)ccc2C)S(=O)(=O)c2ccc(C)cc2)C(C)C(=O)NC(C)C)cc1. The Morgan fingerprint density at radius 2 is 1.44 bits per heavy atom. The van der Waals surface area contributed by atoms with Crippen LogP contribution >= 0.6 is 11.6 Å². The van der Waals surface area contributed by atoms with Gasteiger partial charge in [-0.2, -0.15) is 0 Å². The van der Waals surface area contributed by atoms with Crippen LogP contribution in [-0.2, 0) is 26.2 Å². The molecule has 39 heavy (non-hydrogen) atoms. The Kier molecular flexibility index (Phi) is 9.80. The first kappa shape index (κ1) is 30.2. The Labute approximate surface area is 236 Å². The fourth-order valence-corrected chi connectivity index (χ4v) is 5.72. The third kappa shape index (κ3) is 7.61. The molecule has 9 heteroatoms. The molecular formula is C30H36ClN3O4S. The molecule has 2 amide bonds. The maximum Gasteiger partial charge on any atom is 0.264 e. The van der Waals surface area contributed by atoms with E-state index in [1.165, 1.54) is 23.1 Å². The predicted octanol–water partition coefficient (Wildman–Crippen LogP) is 5.40. The van der Waals surface area contributed by atoms with Gasteiger partial charge in [0.05, 0.1) is 10.6 Å². The summed E-state index contributed by atoms with van der Waals surface area (Å²) in [6.07, 6.45) is 0. The lowest BCUT2D eigenvalue weighted by atomic mass is 10.1. The molecule has 1 atom stereocenters. The van der Waals surface area contributed by atoms with Gasteiger partial charge in [0, 0.05) is 17.6 Å². The van der Waals surface area contributed by atoms with Crippen molar-refractivity contribution in [3.05, 3.63) is 94.0 Å². The summed E-state index contributed by atoms with van der Waals surface area (Å²) >= 11 is 6.27. The summed E-state index contributed by atoms with van der Waals surface area (Å²) in [6, 6.07) is 18.1. The smallest absolute Gasteiger partial charge is 0.264 e. The molecule has 0 saturated heterocycles. The lowest BCUT2D eigenvalue weighted by Crippen LogP contribution is -2.52. The van der Waals surface area contributed by atoms with Gasteiger partial charge in [0.1, 0.15) is 12.6 Å². The van der Waals surface area contributed by atoms with Crippen LogP contribution in [-0.4, -0.2) is 43.8 Å². The summed E-state index contributed by atoms with van der Waals surface area (Å²) in [5.41, 5.74) is 3.73. The molecule has 0 saturated carbocycles. The molecular weight excluding hydrogens is 534 g/mol. The van der Waals surface area contributed by atoms with Gasteiger partial charge in [-0.15, -0.1) is 0 Å². The standard InChI is InChI=1S/C30H36ClN3O4S/c1-20(2)32-30(36)24(6)33(18-25-12-7-21(3)8-13-25)29(35)19-34(28-17-26(31)14-11-23(28)5)39(37,38)27-15-9-22(4)10-16-27/h7-17,20,24H,18-19H2,1-6H3,(H,32,36). The average Bonchev–Trinajstić information content (AvgIpc) is 2.87. The van der Waals surface area contributed by atoms with Gasteiger partial charge in [-0.3, -0.25) is 13.9 Å². The van der Waals surface area contributed by atoms with Crippen LogP contribution < -0.4 is 9.62 Å². The van der Waals surface area contributed by atoms with Gasteiger partial charge in [-0.05, 0) is 76.9 Å². The normalized spacial score (nSPS) is 12.2. The Balaban J connectivity index is 2.07. The molecule has 1 N–H and O–H groups in total. The highest BCUT2D eigenvalue weighted by atomic mass is 35.5. The van der Waals surface area contributed by atoms with E-state index in [4.69, 9.17) is 11.6 Å². The molecule has 1 unspecified atom stereocenters. The minimum absolute atomic E-state index is 0.0518. The van der Waals surface area contributed by atoms with Crippen molar-refractivity contribution in [3.63, 3.8) is 0 Å². The molecule has 0 aliphatic rings. The van der Waals surface area contributed by atoms with Crippen molar-refractivity contribution < 1.29 is 18.0 Å². The number of benzene rings is 3. The lowest BCUT2D eigenvalue weighted by Gasteiger charge is -2.32. The second-order valence-corrected chi connectivity index (χ2v) is 12.4. The first-order chi connectivity index (χ1) is 18.3. The van der Waals surface area contributed by atoms with Crippen molar-refractivity contribution in [2.45, 2.75) is 65.1 Å². The molecule has 0 spiro atoms. The number of nitrogens with one attached hydrogen (secondary N) is 1. The van der Waals surface area contributed by atoms with Gasteiger partial charge in [0.2, 0.25) is 11.8 Å². The van der Waals surface area contributed by atoms with E-state index < -0.39 is 28.5 Å². The van der Waals surface area contributed by atoms with E-state index in [2.05, 4.69) is 5.32 Å². The third-order valence-corrected chi connectivity index (χ3v) is 8.41. The van der Waals surface area contributed by atoms with Crippen LogP contribution in [0.15, 0.2) is 71.6 Å². The topological polar surface area (TPSA) is 86.8 Å². The zero-order chi connectivity index (χ0) is 28.9. The number of aryl methyl sites for hydroxylation is 3. The molecule has 0 heterocycles. The maximum absolute atomic E-state index is 14.0. The number of halogens is 1. The maximum atomic E-state index is 14.0. The minimum Gasteiger partial charge on any atom is -0.352 e. The van der Waals surface area contributed by atoms with Crippen LogP contribution in [0.25, 0.3) is 0 Å². The van der Waals surface area contributed by atoms with Crippen LogP contribution in [0, 0.1) is 20.8 Å². The summed E-state index contributed by atoms with van der Waals surface area (Å²) in [7, 11) is -4.16. The number of hydrogen-bond donors (Lipinski definition) is 1. The average molecular weight is 570 g/mol. The highest BCUT2D eigenvalue weighted by molar-refractivity contribution is 7.92. The molecule has 0 bridgehead atoms. The summed E-state index contributed by atoms with van der Waals surface area (Å²) < 4.78 is 29.0. The van der Waals surface area contributed by atoms with Gasteiger partial charge in [0.15, 0.2) is 0 Å². The summed E-state index contributed by atoms with van der Waals surface area (Å²) in [5, 5.41) is 3.19. The summed E-state index contributed by atoms with van der Waals surface area (Å²) in [5.74, 6) is -0.839. The van der Waals surface area contributed by atoms with E-state index in [0.717, 1.165) is 21.0 Å². The molecule has 0 fully saturated rings. The van der Waals surface area contributed by atoms with Gasteiger partial charge < -0.3 is 10.2 Å². The molecule has 3 rings (SSSR count). The highest BCUT2D eigenvalue weighted by Crippen LogP contribution is 2.30. The number of anilines is 1. The lowest BCUT2D eigenvalue weighted by molar-refractivity contribution is -0.139. The number of sulfonamides is 1. The number of rotatable bonds is 10. The van der Waals surface area contributed by atoms with Crippen molar-refractivity contribution in [1.82, 2.24) is 10.2 Å². The first-order valence-corrected chi connectivity index (χ1v) is 14.6. The fraction of sp³-hybridized carbons (Fsp3) is 0.333. The summed E-state index contributed by atoms with van der Waals surface area (Å²) in [6.45, 7) is 10.5. The second-order valence-electron chi connectivity index (χ2n) is 10.1. The summed E-state index contributed by atoms with van der Waals surface area (Å²) in [4.78, 5) is 28.4. The number of hydrogen-bond acceptors (Lipinski definition) is 4. The van der Waals surface area contributed by atoms with Gasteiger partial charge >= 0.3 is 0 Å². The van der Waals surface area contributed by atoms with Crippen molar-refractivity contribution in [3.8, 4) is 0 Å². The molecule has 3 aromatic carbocycles. The first-order valence-electron chi connectivity index (χ1n) is 12.8. The largest absolute Gasteiger partial charge is 0.352 e. The number of carbonyl (C=O) groups excluding carboxylic acids is 2. The van der Waals surface area contributed by atoms with Gasteiger partial charge in [0.25, 0.3) is 10.0 Å². The van der Waals surface area contributed by atoms with Crippen molar-refractivity contribution >= 4 is 39.1 Å². The van der Waals surface area contributed by atoms with Gasteiger partial charge in [-0.25, -0.2) is 8.42 Å². The molecule has 0 aliphatic heterocycles. The zero-order valence-electron chi connectivity index (χ0n) is 23.2. The Hall–Kier alpha value is -3.36. The molecule has 3 aromatic rings. The van der Waals surface area contributed by atoms with Crippen LogP contribution in [0.4, 0.5) is 5.69 Å². The third-order valence-electron chi connectivity index (χ3n) is 6.40. The van der Waals surface area contributed by atoms with Gasteiger partial charge in [-0.1, -0.05) is 65.2 Å². The molecule has 0 radical (unpaired) electrons. The fourth-order valence-electron chi connectivity index (χ4n) is 4.08. The Morgan fingerprint density at radius 3 is 2.00 bits per heavy atom. The van der Waals surface area contributed by atoms with Crippen LogP contribution in [0.3, 0.4) is 0 Å². The van der Waals surface area contributed by atoms with Crippen molar-refractivity contribution in [2.24, 2.45) is 0 Å². The molecule has 7 nitrogen and oxygen atoms in total. The van der Waals surface area contributed by atoms with E-state index in [9.17, 15) is 18.0 Å². The minimum atomic E-state index is -4.16. The van der Waals surface area contributed by atoms with E-state index >= 15 is 0 Å². The molecule has 208 valence electrons. The van der Waals surface area contributed by atoms with Crippen molar-refractivity contribution in [2.75, 3.05) is 10.8 Å².